The van der Waals surface area contributed by atoms with Gasteiger partial charge in [0.15, 0.2) is 0 Å². The van der Waals surface area contributed by atoms with Crippen molar-refractivity contribution in [3.05, 3.63) is 97.1 Å². The fourth-order valence-corrected chi connectivity index (χ4v) is 6.01. The molecule has 7 rings (SSSR count). The Bertz CT molecular complexity index is 1740. The molecule has 2 heterocycles. The van der Waals surface area contributed by atoms with Crippen molar-refractivity contribution >= 4 is 64.1 Å². The third-order valence-corrected chi connectivity index (χ3v) is 7.44. The Balaban J connectivity index is 1.55. The number of nitrogens with one attached hydrogen (secondary N) is 1. The number of hydrogen-bond acceptors (Lipinski definition) is 1. The largest absolute Gasteiger partial charge is 0.354 e. The molecule has 30 heavy (non-hydrogen) atoms. The van der Waals surface area contributed by atoms with Gasteiger partial charge in [-0.05, 0) is 23.3 Å². The van der Waals surface area contributed by atoms with Crippen LogP contribution in [-0.2, 0) is 0 Å². The third kappa shape index (κ3) is 2.17. The van der Waals surface area contributed by atoms with E-state index in [2.05, 4.69) is 102 Å². The van der Waals surface area contributed by atoms with Crippen molar-refractivity contribution in [3.8, 4) is 11.1 Å². The Morgan fingerprint density at radius 2 is 1.17 bits per heavy atom. The topological polar surface area (TPSA) is 15.8 Å². The van der Waals surface area contributed by atoms with Crippen LogP contribution < -0.4 is 0 Å². The van der Waals surface area contributed by atoms with Gasteiger partial charge in [-0.2, -0.15) is 0 Å². The van der Waals surface area contributed by atoms with Gasteiger partial charge >= 0.3 is 0 Å². The van der Waals surface area contributed by atoms with Crippen molar-refractivity contribution in [2.24, 2.45) is 0 Å². The van der Waals surface area contributed by atoms with Gasteiger partial charge in [-0.1, -0.05) is 84.9 Å². The zero-order chi connectivity index (χ0) is 19.7. The molecule has 1 nitrogen and oxygen atoms in total. The van der Waals surface area contributed by atoms with Gasteiger partial charge < -0.3 is 4.98 Å². The summed E-state index contributed by atoms with van der Waals surface area (Å²) in [4.78, 5) is 3.73. The van der Waals surface area contributed by atoms with Crippen LogP contribution in [-0.4, -0.2) is 4.98 Å². The maximum Gasteiger partial charge on any atom is 0.0545 e. The van der Waals surface area contributed by atoms with Gasteiger partial charge in [0.1, 0.15) is 0 Å². The molecule has 0 amide bonds. The SMILES string of the molecule is c1ccc(-c2ccc3c(c2)[nH]c2c3ccc3c2ccc2c4ccccc4sc23)cc1. The molecule has 0 aliphatic rings. The summed E-state index contributed by atoms with van der Waals surface area (Å²) in [6.45, 7) is 0. The predicted octanol–water partition coefficient (Wildman–Crippen LogP) is 8.51. The Hall–Kier alpha value is -3.62. The summed E-state index contributed by atoms with van der Waals surface area (Å²) in [6.07, 6.45) is 0. The Morgan fingerprint density at radius 1 is 0.500 bits per heavy atom. The molecule has 2 heteroatoms. The van der Waals surface area contributed by atoms with Gasteiger partial charge in [-0.25, -0.2) is 0 Å². The molecule has 0 saturated carbocycles. The highest BCUT2D eigenvalue weighted by Gasteiger charge is 2.13. The number of fused-ring (bicyclic) bond motifs is 9. The van der Waals surface area contributed by atoms with Gasteiger partial charge in [0.2, 0.25) is 0 Å². The van der Waals surface area contributed by atoms with Crippen molar-refractivity contribution in [2.45, 2.75) is 0 Å². The number of thiophene rings is 1. The quantitative estimate of drug-likeness (QED) is 0.285. The molecule has 0 fully saturated rings. The van der Waals surface area contributed by atoms with Gasteiger partial charge in [-0.15, -0.1) is 11.3 Å². The van der Waals surface area contributed by atoms with E-state index in [0.717, 1.165) is 0 Å². The lowest BCUT2D eigenvalue weighted by Gasteiger charge is -2.02. The monoisotopic (exact) mass is 399 g/mol. The Kier molecular flexibility index (Phi) is 3.21. The smallest absolute Gasteiger partial charge is 0.0545 e. The maximum atomic E-state index is 3.73. The molecule has 1 N–H and O–H groups in total. The minimum atomic E-state index is 1.19. The fraction of sp³-hybridized carbons (Fsp3) is 0. The van der Waals surface area contributed by atoms with Crippen LogP contribution in [0.1, 0.15) is 0 Å². The average Bonchev–Trinajstić information content (AvgIpc) is 3.37. The third-order valence-electron chi connectivity index (χ3n) is 6.22. The molecule has 0 radical (unpaired) electrons. The zero-order valence-electron chi connectivity index (χ0n) is 16.1. The highest BCUT2D eigenvalue weighted by Crippen LogP contribution is 2.41. The van der Waals surface area contributed by atoms with Crippen LogP contribution in [0.25, 0.3) is 63.9 Å². The Morgan fingerprint density at radius 3 is 2.03 bits per heavy atom. The van der Waals surface area contributed by atoms with E-state index in [1.807, 2.05) is 11.3 Å². The Labute approximate surface area is 177 Å². The zero-order valence-corrected chi connectivity index (χ0v) is 17.0. The molecule has 5 aromatic carbocycles. The first-order valence-corrected chi connectivity index (χ1v) is 11.0. The predicted molar refractivity (Wildman–Crippen MR) is 132 cm³/mol. The van der Waals surface area contributed by atoms with E-state index in [-0.39, 0.29) is 0 Å². The van der Waals surface area contributed by atoms with Gasteiger partial charge in [0.25, 0.3) is 0 Å². The lowest BCUT2D eigenvalue weighted by Crippen LogP contribution is -1.77. The summed E-state index contributed by atoms with van der Waals surface area (Å²) in [6, 6.07) is 35.2. The summed E-state index contributed by atoms with van der Waals surface area (Å²) >= 11 is 1.89. The van der Waals surface area contributed by atoms with Crippen LogP contribution in [0.3, 0.4) is 0 Å². The molecule has 0 bridgehead atoms. The highest BCUT2D eigenvalue weighted by molar-refractivity contribution is 7.26. The van der Waals surface area contributed by atoms with Crippen molar-refractivity contribution in [2.75, 3.05) is 0 Å². The van der Waals surface area contributed by atoms with Crippen LogP contribution in [0.15, 0.2) is 97.1 Å². The van der Waals surface area contributed by atoms with E-state index in [0.29, 0.717) is 0 Å². The lowest BCUT2D eigenvalue weighted by atomic mass is 10.0. The molecule has 7 aromatic rings. The molecule has 140 valence electrons. The van der Waals surface area contributed by atoms with E-state index in [1.54, 1.807) is 0 Å². The minimum absolute atomic E-state index is 1.19. The van der Waals surface area contributed by atoms with E-state index in [9.17, 15) is 0 Å². The summed E-state index contributed by atoms with van der Waals surface area (Å²) in [5.41, 5.74) is 4.91. The van der Waals surface area contributed by atoms with Crippen LogP contribution >= 0.6 is 11.3 Å². The molecule has 0 spiro atoms. The molecule has 0 aliphatic carbocycles. The van der Waals surface area contributed by atoms with Crippen LogP contribution in [0.2, 0.25) is 0 Å². The number of rotatable bonds is 1. The van der Waals surface area contributed by atoms with Crippen LogP contribution in [0, 0.1) is 0 Å². The van der Waals surface area contributed by atoms with E-state index in [4.69, 9.17) is 0 Å². The summed E-state index contributed by atoms with van der Waals surface area (Å²) in [5, 5.41) is 7.90. The maximum absolute atomic E-state index is 3.73. The van der Waals surface area contributed by atoms with Crippen molar-refractivity contribution < 1.29 is 0 Å². The minimum Gasteiger partial charge on any atom is -0.354 e. The first-order valence-electron chi connectivity index (χ1n) is 10.2. The lowest BCUT2D eigenvalue weighted by molar-refractivity contribution is 1.56. The normalized spacial score (nSPS) is 12.0. The standard InChI is InChI=1S/C28H17NS/c1-2-6-17(7-3-1)18-10-11-19-21-12-15-24-22(27(21)29-25(19)16-18)13-14-23-20-8-4-5-9-26(20)30-28(23)24/h1-16,29H. The number of benzene rings is 5. The van der Waals surface area contributed by atoms with Crippen LogP contribution in [0.4, 0.5) is 0 Å². The number of aromatic amines is 1. The molecule has 0 atom stereocenters. The van der Waals surface area contributed by atoms with Gasteiger partial charge in [0, 0.05) is 47.2 Å². The molecule has 0 aliphatic heterocycles. The molecular formula is C28H17NS. The number of aromatic nitrogens is 1. The number of H-pyrrole nitrogens is 1. The van der Waals surface area contributed by atoms with E-state index < -0.39 is 0 Å². The van der Waals surface area contributed by atoms with Gasteiger partial charge in [-0.3, -0.25) is 0 Å². The number of hydrogen-bond donors (Lipinski definition) is 1. The molecule has 2 aromatic heterocycles. The second-order valence-corrected chi connectivity index (χ2v) is 8.93. The molecule has 0 saturated heterocycles. The highest BCUT2D eigenvalue weighted by atomic mass is 32.1. The van der Waals surface area contributed by atoms with Crippen molar-refractivity contribution in [1.29, 1.82) is 0 Å². The van der Waals surface area contributed by atoms with Crippen LogP contribution in [0.5, 0.6) is 0 Å². The van der Waals surface area contributed by atoms with E-state index >= 15 is 0 Å². The first-order chi connectivity index (χ1) is 14.9. The first kappa shape index (κ1) is 16.2. The van der Waals surface area contributed by atoms with Crippen molar-refractivity contribution in [1.82, 2.24) is 4.98 Å². The van der Waals surface area contributed by atoms with Crippen molar-refractivity contribution in [3.63, 3.8) is 0 Å². The summed E-state index contributed by atoms with van der Waals surface area (Å²) in [7, 11) is 0. The second-order valence-electron chi connectivity index (χ2n) is 7.88. The molecule has 0 unspecified atom stereocenters. The fourth-order valence-electron chi connectivity index (χ4n) is 4.77. The van der Waals surface area contributed by atoms with E-state index in [1.165, 1.54) is 63.9 Å². The molecular weight excluding hydrogens is 382 g/mol. The van der Waals surface area contributed by atoms with Gasteiger partial charge in [0.05, 0.1) is 5.52 Å². The summed E-state index contributed by atoms with van der Waals surface area (Å²) < 4.78 is 2.73. The second kappa shape index (κ2) is 5.94. The summed E-state index contributed by atoms with van der Waals surface area (Å²) in [5.74, 6) is 0. The average molecular weight is 400 g/mol.